The van der Waals surface area contributed by atoms with E-state index in [0.717, 1.165) is 36.3 Å². The van der Waals surface area contributed by atoms with Gasteiger partial charge in [0.05, 0.1) is 0 Å². The fraction of sp³-hybridized carbons (Fsp3) is 0.286. The predicted molar refractivity (Wildman–Crippen MR) is 101 cm³/mol. The first-order valence-corrected chi connectivity index (χ1v) is 8.88. The molecule has 0 radical (unpaired) electrons. The van der Waals surface area contributed by atoms with Crippen molar-refractivity contribution in [3.05, 3.63) is 70.7 Å². The molecule has 1 saturated heterocycles. The molecular formula is C21H22ClNO. The Morgan fingerprint density at radius 1 is 1.00 bits per heavy atom. The number of rotatable bonds is 6. The molecule has 124 valence electrons. The van der Waals surface area contributed by atoms with Crippen LogP contribution in [-0.4, -0.2) is 30.3 Å². The van der Waals surface area contributed by atoms with Crippen molar-refractivity contribution in [2.75, 3.05) is 19.6 Å². The highest BCUT2D eigenvalue weighted by Crippen LogP contribution is 2.22. The average Bonchev–Trinajstić information content (AvgIpc) is 3.13. The Kier molecular flexibility index (Phi) is 5.84. The monoisotopic (exact) mass is 339 g/mol. The van der Waals surface area contributed by atoms with E-state index in [1.165, 1.54) is 12.8 Å². The molecule has 0 aromatic heterocycles. The van der Waals surface area contributed by atoms with Gasteiger partial charge in [0.2, 0.25) is 0 Å². The van der Waals surface area contributed by atoms with E-state index >= 15 is 0 Å². The minimum Gasteiger partial charge on any atom is -0.303 e. The maximum atomic E-state index is 12.9. The van der Waals surface area contributed by atoms with Crippen LogP contribution in [0.4, 0.5) is 0 Å². The van der Waals surface area contributed by atoms with Crippen LogP contribution in [0.25, 0.3) is 11.6 Å². The van der Waals surface area contributed by atoms with Gasteiger partial charge in [0.1, 0.15) is 0 Å². The third-order valence-electron chi connectivity index (χ3n) is 4.42. The summed E-state index contributed by atoms with van der Waals surface area (Å²) in [5.74, 6) is 0.197. The molecule has 0 unspecified atom stereocenters. The highest BCUT2D eigenvalue weighted by Gasteiger charge is 2.16. The zero-order valence-electron chi connectivity index (χ0n) is 13.7. The van der Waals surface area contributed by atoms with Gasteiger partial charge in [-0.1, -0.05) is 54.1 Å². The van der Waals surface area contributed by atoms with Crippen LogP contribution in [0.5, 0.6) is 0 Å². The van der Waals surface area contributed by atoms with E-state index in [1.54, 1.807) is 0 Å². The van der Waals surface area contributed by atoms with Crippen molar-refractivity contribution in [1.82, 2.24) is 4.90 Å². The van der Waals surface area contributed by atoms with Gasteiger partial charge in [-0.15, -0.1) is 0 Å². The Morgan fingerprint density at radius 3 is 2.33 bits per heavy atom. The number of ketones is 1. The van der Waals surface area contributed by atoms with Gasteiger partial charge in [-0.2, -0.15) is 0 Å². The molecule has 2 nitrogen and oxygen atoms in total. The molecule has 0 N–H and O–H groups in total. The Morgan fingerprint density at radius 2 is 1.67 bits per heavy atom. The molecule has 24 heavy (non-hydrogen) atoms. The lowest BCUT2D eigenvalue weighted by Gasteiger charge is -2.14. The summed E-state index contributed by atoms with van der Waals surface area (Å²) in [6, 6.07) is 17.5. The van der Waals surface area contributed by atoms with Crippen LogP contribution in [0.15, 0.2) is 54.6 Å². The Hall–Kier alpha value is -1.90. The van der Waals surface area contributed by atoms with E-state index in [2.05, 4.69) is 4.90 Å². The maximum Gasteiger partial charge on any atom is 0.164 e. The number of halogens is 1. The van der Waals surface area contributed by atoms with Gasteiger partial charge in [0.15, 0.2) is 5.78 Å². The molecule has 1 aliphatic rings. The van der Waals surface area contributed by atoms with Gasteiger partial charge in [0.25, 0.3) is 0 Å². The van der Waals surface area contributed by atoms with E-state index in [1.807, 2.05) is 60.7 Å². The van der Waals surface area contributed by atoms with E-state index in [4.69, 9.17) is 11.6 Å². The largest absolute Gasteiger partial charge is 0.303 e. The second-order valence-corrected chi connectivity index (χ2v) is 6.63. The summed E-state index contributed by atoms with van der Waals surface area (Å²) in [5, 5.41) is 0.703. The normalized spacial score (nSPS) is 15.6. The van der Waals surface area contributed by atoms with E-state index in [9.17, 15) is 4.79 Å². The molecule has 2 aromatic carbocycles. The summed E-state index contributed by atoms with van der Waals surface area (Å²) in [6.45, 7) is 3.09. The van der Waals surface area contributed by atoms with Crippen LogP contribution in [0.3, 0.4) is 0 Å². The molecule has 1 fully saturated rings. The fourth-order valence-electron chi connectivity index (χ4n) is 3.07. The minimum atomic E-state index is 0.197. The number of benzene rings is 2. The third-order valence-corrected chi connectivity index (χ3v) is 4.67. The fourth-order valence-corrected chi connectivity index (χ4v) is 3.19. The first-order valence-electron chi connectivity index (χ1n) is 8.50. The van der Waals surface area contributed by atoms with E-state index < -0.39 is 0 Å². The van der Waals surface area contributed by atoms with Gasteiger partial charge in [-0.3, -0.25) is 4.79 Å². The Balaban J connectivity index is 1.81. The Labute approximate surface area is 148 Å². The quantitative estimate of drug-likeness (QED) is 0.549. The molecule has 3 heteroatoms. The van der Waals surface area contributed by atoms with Crippen molar-refractivity contribution in [3.63, 3.8) is 0 Å². The number of carbonyl (C=O) groups is 1. The number of hydrogen-bond donors (Lipinski definition) is 0. The van der Waals surface area contributed by atoms with Crippen molar-refractivity contribution in [2.24, 2.45) is 0 Å². The van der Waals surface area contributed by atoms with Gasteiger partial charge < -0.3 is 4.90 Å². The second kappa shape index (κ2) is 8.27. The number of hydrogen-bond acceptors (Lipinski definition) is 2. The van der Waals surface area contributed by atoms with Crippen LogP contribution < -0.4 is 0 Å². The molecule has 0 spiro atoms. The van der Waals surface area contributed by atoms with Gasteiger partial charge in [-0.25, -0.2) is 0 Å². The van der Waals surface area contributed by atoms with Crippen LogP contribution in [-0.2, 0) is 4.79 Å². The first kappa shape index (κ1) is 16.9. The predicted octanol–water partition coefficient (Wildman–Crippen LogP) is 4.94. The van der Waals surface area contributed by atoms with E-state index in [-0.39, 0.29) is 5.78 Å². The summed E-state index contributed by atoms with van der Waals surface area (Å²) in [6.07, 6.45) is 5.03. The molecule has 0 amide bonds. The van der Waals surface area contributed by atoms with Crippen molar-refractivity contribution < 1.29 is 4.79 Å². The molecule has 1 aliphatic heterocycles. The van der Waals surface area contributed by atoms with Crippen molar-refractivity contribution >= 4 is 29.0 Å². The summed E-state index contributed by atoms with van der Waals surface area (Å²) < 4.78 is 0. The molecule has 3 rings (SSSR count). The number of nitrogens with zero attached hydrogens (tertiary/aromatic N) is 1. The summed E-state index contributed by atoms with van der Waals surface area (Å²) in [4.78, 5) is 15.2. The lowest BCUT2D eigenvalue weighted by atomic mass is 9.97. The van der Waals surface area contributed by atoms with Crippen molar-refractivity contribution in [3.8, 4) is 0 Å². The van der Waals surface area contributed by atoms with Crippen LogP contribution in [0.2, 0.25) is 5.02 Å². The van der Waals surface area contributed by atoms with Gasteiger partial charge >= 0.3 is 0 Å². The zero-order chi connectivity index (χ0) is 16.8. The lowest BCUT2D eigenvalue weighted by molar-refractivity contribution is -0.114. The number of carbonyl (C=O) groups excluding carboxylic acids is 1. The highest BCUT2D eigenvalue weighted by atomic mass is 35.5. The highest BCUT2D eigenvalue weighted by molar-refractivity contribution is 6.30. The Bertz CT molecular complexity index is 700. The molecule has 1 heterocycles. The lowest BCUT2D eigenvalue weighted by Crippen LogP contribution is -2.22. The first-order chi connectivity index (χ1) is 11.7. The van der Waals surface area contributed by atoms with Crippen molar-refractivity contribution in [1.29, 1.82) is 0 Å². The molecule has 2 aromatic rings. The third kappa shape index (κ3) is 4.56. The average molecular weight is 340 g/mol. The van der Waals surface area contributed by atoms with Gasteiger partial charge in [-0.05, 0) is 55.3 Å². The number of likely N-dealkylation sites (tertiary alicyclic amines) is 1. The summed E-state index contributed by atoms with van der Waals surface area (Å²) >= 11 is 5.96. The van der Waals surface area contributed by atoms with Crippen LogP contribution in [0, 0.1) is 0 Å². The van der Waals surface area contributed by atoms with Crippen molar-refractivity contribution in [2.45, 2.75) is 19.3 Å². The minimum absolute atomic E-state index is 0.197. The summed E-state index contributed by atoms with van der Waals surface area (Å²) in [5.41, 5.74) is 2.74. The molecular weight excluding hydrogens is 318 g/mol. The van der Waals surface area contributed by atoms with Crippen LogP contribution >= 0.6 is 11.6 Å². The molecule has 0 aliphatic carbocycles. The smallest absolute Gasteiger partial charge is 0.164 e. The molecule has 0 bridgehead atoms. The SMILES string of the molecule is O=C(CCN1CCCC1)/C(=C\c1ccc(Cl)cc1)c1ccccc1. The number of allylic oxidation sites excluding steroid dienone is 1. The molecule has 0 atom stereocenters. The van der Waals surface area contributed by atoms with E-state index in [0.29, 0.717) is 11.4 Å². The topological polar surface area (TPSA) is 20.3 Å². The number of Topliss-reactive ketones (excluding diaryl/α,β-unsaturated/α-hetero) is 1. The van der Waals surface area contributed by atoms with Gasteiger partial charge in [0, 0.05) is 23.6 Å². The molecule has 0 saturated carbocycles. The van der Waals surface area contributed by atoms with Crippen LogP contribution in [0.1, 0.15) is 30.4 Å². The maximum absolute atomic E-state index is 12.9. The second-order valence-electron chi connectivity index (χ2n) is 6.20. The standard InChI is InChI=1S/C21H22ClNO/c22-19-10-8-17(9-11-19)16-20(18-6-2-1-3-7-18)21(24)12-15-23-13-4-5-14-23/h1-3,6-11,16H,4-5,12-15H2/b20-16-. The zero-order valence-corrected chi connectivity index (χ0v) is 14.5. The summed E-state index contributed by atoms with van der Waals surface area (Å²) in [7, 11) is 0.